The first kappa shape index (κ1) is 20.2. The number of nitro benzene ring substituents is 1. The summed E-state index contributed by atoms with van der Waals surface area (Å²) >= 11 is 0. The zero-order valence-electron chi connectivity index (χ0n) is 14.7. The highest BCUT2D eigenvalue weighted by atomic mass is 16.6. The average Bonchev–Trinajstić information content (AvgIpc) is 2.59. The zero-order chi connectivity index (χ0) is 19.0. The highest BCUT2D eigenvalue weighted by Crippen LogP contribution is 2.35. The van der Waals surface area contributed by atoms with Crippen LogP contribution in [0.2, 0.25) is 0 Å². The number of benzene rings is 1. The van der Waals surface area contributed by atoms with E-state index in [4.69, 9.17) is 14.2 Å². The minimum Gasteiger partial charge on any atom is -0.493 e. The average molecular weight is 354 g/mol. The van der Waals surface area contributed by atoms with Gasteiger partial charge in [0.05, 0.1) is 24.7 Å². The number of carbonyl (C=O) groups excluding carboxylic acids is 2. The van der Waals surface area contributed by atoms with Crippen molar-refractivity contribution in [3.05, 3.63) is 27.8 Å². The molecule has 1 N–H and O–H groups in total. The third-order valence-electron chi connectivity index (χ3n) is 3.35. The molecule has 0 aliphatic rings. The van der Waals surface area contributed by atoms with E-state index in [1.807, 2.05) is 13.8 Å². The van der Waals surface area contributed by atoms with Crippen LogP contribution in [-0.4, -0.2) is 43.2 Å². The van der Waals surface area contributed by atoms with Gasteiger partial charge < -0.3 is 19.5 Å². The van der Waals surface area contributed by atoms with Crippen molar-refractivity contribution < 1.29 is 28.7 Å². The van der Waals surface area contributed by atoms with Crippen LogP contribution in [0, 0.1) is 10.1 Å². The molecule has 9 nitrogen and oxygen atoms in total. The molecule has 0 heterocycles. The number of amides is 1. The molecule has 0 unspecified atom stereocenters. The van der Waals surface area contributed by atoms with E-state index in [0.29, 0.717) is 0 Å². The maximum absolute atomic E-state index is 12.2. The van der Waals surface area contributed by atoms with Crippen molar-refractivity contribution in [2.24, 2.45) is 0 Å². The van der Waals surface area contributed by atoms with Crippen LogP contribution < -0.4 is 14.8 Å². The second kappa shape index (κ2) is 9.45. The molecule has 1 amide bonds. The van der Waals surface area contributed by atoms with Gasteiger partial charge in [0.25, 0.3) is 11.6 Å². The Hall–Kier alpha value is -2.84. The Bertz CT molecular complexity index is 646. The zero-order valence-corrected chi connectivity index (χ0v) is 14.7. The van der Waals surface area contributed by atoms with E-state index < -0.39 is 29.1 Å². The predicted molar refractivity (Wildman–Crippen MR) is 89.0 cm³/mol. The van der Waals surface area contributed by atoms with E-state index in [1.165, 1.54) is 7.11 Å². The third kappa shape index (κ3) is 5.63. The van der Waals surface area contributed by atoms with Gasteiger partial charge in [-0.05, 0) is 20.3 Å². The number of nitrogens with one attached hydrogen (secondary N) is 1. The van der Waals surface area contributed by atoms with Gasteiger partial charge in [0, 0.05) is 12.1 Å². The van der Waals surface area contributed by atoms with Crippen molar-refractivity contribution in [1.82, 2.24) is 5.32 Å². The van der Waals surface area contributed by atoms with Crippen molar-refractivity contribution in [1.29, 1.82) is 0 Å². The quantitative estimate of drug-likeness (QED) is 0.410. The van der Waals surface area contributed by atoms with E-state index in [-0.39, 0.29) is 29.7 Å². The molecule has 1 aromatic carbocycles. The molecule has 0 radical (unpaired) electrons. The summed E-state index contributed by atoms with van der Waals surface area (Å²) < 4.78 is 15.2. The van der Waals surface area contributed by atoms with E-state index in [1.54, 1.807) is 6.92 Å². The molecule has 9 heteroatoms. The summed E-state index contributed by atoms with van der Waals surface area (Å²) in [6.07, 6.45) is 0.723. The second-order valence-corrected chi connectivity index (χ2v) is 5.16. The second-order valence-electron chi connectivity index (χ2n) is 5.16. The Labute approximate surface area is 145 Å². The maximum atomic E-state index is 12.2. The number of rotatable bonds is 9. The van der Waals surface area contributed by atoms with Crippen LogP contribution in [0.4, 0.5) is 5.69 Å². The molecule has 0 bridgehead atoms. The summed E-state index contributed by atoms with van der Waals surface area (Å²) in [7, 11) is 1.35. The summed E-state index contributed by atoms with van der Waals surface area (Å²) in [6.45, 7) is 5.15. The fourth-order valence-electron chi connectivity index (χ4n) is 1.92. The van der Waals surface area contributed by atoms with E-state index >= 15 is 0 Å². The van der Waals surface area contributed by atoms with E-state index in [9.17, 15) is 19.7 Å². The standard InChI is InChI=1S/C16H22N2O7/c1-5-10(3)17-15(19)9-25-16(20)11-7-13(23-4)14(24-6-2)8-12(11)18(21)22/h7-8,10H,5-6,9H2,1-4H3,(H,17,19)/t10-/m0/s1. The number of nitro groups is 1. The lowest BCUT2D eigenvalue weighted by molar-refractivity contribution is -0.385. The van der Waals surface area contributed by atoms with Crippen molar-refractivity contribution in [2.45, 2.75) is 33.2 Å². The fraction of sp³-hybridized carbons (Fsp3) is 0.500. The first-order chi connectivity index (χ1) is 11.8. The Kier molecular flexibility index (Phi) is 7.64. The molecule has 0 aliphatic heterocycles. The topological polar surface area (TPSA) is 117 Å². The molecule has 0 aromatic heterocycles. The largest absolute Gasteiger partial charge is 0.493 e. The van der Waals surface area contributed by atoms with Gasteiger partial charge in [-0.2, -0.15) is 0 Å². The minimum absolute atomic E-state index is 0.0638. The number of hydrogen-bond donors (Lipinski definition) is 1. The van der Waals surface area contributed by atoms with E-state index in [2.05, 4.69) is 5.32 Å². The highest BCUT2D eigenvalue weighted by Gasteiger charge is 2.26. The fourth-order valence-corrected chi connectivity index (χ4v) is 1.92. The summed E-state index contributed by atoms with van der Waals surface area (Å²) in [5.74, 6) is -1.18. The number of nitrogens with zero attached hydrogens (tertiary/aromatic N) is 1. The van der Waals surface area contributed by atoms with Crippen molar-refractivity contribution in [3.63, 3.8) is 0 Å². The number of esters is 1. The number of methoxy groups -OCH3 is 1. The minimum atomic E-state index is -0.993. The Balaban J connectivity index is 2.99. The summed E-state index contributed by atoms with van der Waals surface area (Å²) in [6, 6.07) is 2.20. The van der Waals surface area contributed by atoms with Gasteiger partial charge in [-0.1, -0.05) is 6.92 Å². The maximum Gasteiger partial charge on any atom is 0.345 e. The van der Waals surface area contributed by atoms with Crippen LogP contribution in [0.15, 0.2) is 12.1 Å². The molecule has 0 fully saturated rings. The summed E-state index contributed by atoms with van der Waals surface area (Å²) in [5, 5.41) is 13.9. The highest BCUT2D eigenvalue weighted by molar-refractivity contribution is 5.96. The molecule has 1 rings (SSSR count). The molecule has 0 saturated carbocycles. The molecule has 138 valence electrons. The lowest BCUT2D eigenvalue weighted by atomic mass is 10.1. The molecule has 25 heavy (non-hydrogen) atoms. The van der Waals surface area contributed by atoms with Crippen LogP contribution in [0.25, 0.3) is 0 Å². The van der Waals surface area contributed by atoms with Crippen LogP contribution >= 0.6 is 0 Å². The Morgan fingerprint density at radius 3 is 2.48 bits per heavy atom. The van der Waals surface area contributed by atoms with Gasteiger partial charge in [0.15, 0.2) is 18.1 Å². The first-order valence-corrected chi connectivity index (χ1v) is 7.79. The molecule has 1 aromatic rings. The predicted octanol–water partition coefficient (Wildman–Crippen LogP) is 2.07. The molecular weight excluding hydrogens is 332 g/mol. The SMILES string of the molecule is CCOc1cc([N+](=O)[O-])c(C(=O)OCC(=O)N[C@@H](C)CC)cc1OC. The first-order valence-electron chi connectivity index (χ1n) is 7.79. The lowest BCUT2D eigenvalue weighted by Gasteiger charge is -2.13. The molecule has 0 spiro atoms. The van der Waals surface area contributed by atoms with Gasteiger partial charge in [0.1, 0.15) is 5.56 Å². The normalized spacial score (nSPS) is 11.4. The summed E-state index contributed by atoms with van der Waals surface area (Å²) in [5.41, 5.74) is -0.807. The van der Waals surface area contributed by atoms with Gasteiger partial charge >= 0.3 is 5.97 Å². The van der Waals surface area contributed by atoms with Crippen LogP contribution in [0.3, 0.4) is 0 Å². The van der Waals surface area contributed by atoms with Crippen molar-refractivity contribution in [3.8, 4) is 11.5 Å². The van der Waals surface area contributed by atoms with Gasteiger partial charge in [-0.15, -0.1) is 0 Å². The number of carbonyl (C=O) groups is 2. The van der Waals surface area contributed by atoms with Gasteiger partial charge in [0.2, 0.25) is 0 Å². The molecular formula is C16H22N2O7. The van der Waals surface area contributed by atoms with Gasteiger partial charge in [-0.3, -0.25) is 14.9 Å². The molecule has 0 aliphatic carbocycles. The van der Waals surface area contributed by atoms with Crippen LogP contribution in [0.1, 0.15) is 37.6 Å². The van der Waals surface area contributed by atoms with Crippen molar-refractivity contribution >= 4 is 17.6 Å². The summed E-state index contributed by atoms with van der Waals surface area (Å²) in [4.78, 5) is 34.3. The third-order valence-corrected chi connectivity index (χ3v) is 3.35. The number of hydrogen-bond acceptors (Lipinski definition) is 7. The van der Waals surface area contributed by atoms with E-state index in [0.717, 1.165) is 18.6 Å². The number of ether oxygens (including phenoxy) is 3. The lowest BCUT2D eigenvalue weighted by Crippen LogP contribution is -2.35. The van der Waals surface area contributed by atoms with Crippen LogP contribution in [0.5, 0.6) is 11.5 Å². The van der Waals surface area contributed by atoms with Gasteiger partial charge in [-0.25, -0.2) is 4.79 Å². The van der Waals surface area contributed by atoms with Crippen molar-refractivity contribution in [2.75, 3.05) is 20.3 Å². The smallest absolute Gasteiger partial charge is 0.345 e. The molecule has 0 saturated heterocycles. The van der Waals surface area contributed by atoms with Crippen LogP contribution in [-0.2, 0) is 9.53 Å². The monoisotopic (exact) mass is 354 g/mol. The molecule has 1 atom stereocenters. The Morgan fingerprint density at radius 2 is 1.96 bits per heavy atom. The Morgan fingerprint density at radius 1 is 1.28 bits per heavy atom.